The van der Waals surface area contributed by atoms with Crippen LogP contribution in [0.4, 0.5) is 0 Å². The van der Waals surface area contributed by atoms with Crippen molar-refractivity contribution < 1.29 is 14.3 Å². The van der Waals surface area contributed by atoms with Crippen LogP contribution in [-0.4, -0.2) is 18.2 Å². The molecule has 2 unspecified atom stereocenters. The highest BCUT2D eigenvalue weighted by Crippen LogP contribution is 2.28. The van der Waals surface area contributed by atoms with Crippen LogP contribution in [0.15, 0.2) is 54.6 Å². The molecule has 4 heteroatoms. The van der Waals surface area contributed by atoms with Gasteiger partial charge in [0.2, 0.25) is 12.1 Å². The van der Waals surface area contributed by atoms with E-state index in [0.717, 1.165) is 24.0 Å². The fraction of sp³-hybridized carbons (Fsp3) is 0.440. The first-order valence-electron chi connectivity index (χ1n) is 10.3. The zero-order chi connectivity index (χ0) is 21.3. The van der Waals surface area contributed by atoms with E-state index in [1.54, 1.807) is 6.07 Å². The molecule has 0 heterocycles. The second-order valence-corrected chi connectivity index (χ2v) is 7.79. The third kappa shape index (κ3) is 6.52. The SMILES string of the molecule is CCCC(OC(OCc1ccccc1)C(=O)c1cccc(CC)c1)C(C)(C)C#N. The maximum absolute atomic E-state index is 13.3. The minimum atomic E-state index is -1.06. The van der Waals surface area contributed by atoms with Crippen LogP contribution in [0.1, 0.15) is 62.0 Å². The van der Waals surface area contributed by atoms with Crippen molar-refractivity contribution in [1.29, 1.82) is 5.26 Å². The standard InChI is InChI=1S/C25H31NO3/c1-5-11-22(25(3,4)18-26)29-24(28-17-20-12-8-7-9-13-20)23(27)21-15-10-14-19(6-2)16-21/h7-10,12-16,22,24H,5-6,11,17H2,1-4H3. The minimum Gasteiger partial charge on any atom is -0.341 e. The first kappa shape index (κ1) is 22.8. The Balaban J connectivity index is 2.28. The number of hydrogen-bond donors (Lipinski definition) is 0. The normalized spacial score (nSPS) is 13.5. The van der Waals surface area contributed by atoms with E-state index >= 15 is 0 Å². The highest BCUT2D eigenvalue weighted by atomic mass is 16.7. The number of aryl methyl sites for hydroxylation is 1. The minimum absolute atomic E-state index is 0.217. The molecule has 0 aliphatic carbocycles. The van der Waals surface area contributed by atoms with Crippen LogP contribution in [0.3, 0.4) is 0 Å². The summed E-state index contributed by atoms with van der Waals surface area (Å²) in [5.41, 5.74) is 1.88. The van der Waals surface area contributed by atoms with Gasteiger partial charge in [0.05, 0.1) is 24.2 Å². The van der Waals surface area contributed by atoms with Crippen molar-refractivity contribution in [3.8, 4) is 6.07 Å². The average Bonchev–Trinajstić information content (AvgIpc) is 2.76. The smallest absolute Gasteiger partial charge is 0.223 e. The van der Waals surface area contributed by atoms with Gasteiger partial charge in [-0.25, -0.2) is 0 Å². The molecule has 0 aromatic heterocycles. The van der Waals surface area contributed by atoms with Crippen molar-refractivity contribution in [2.24, 2.45) is 5.41 Å². The van der Waals surface area contributed by atoms with Crippen molar-refractivity contribution in [3.05, 3.63) is 71.3 Å². The first-order valence-corrected chi connectivity index (χ1v) is 10.3. The van der Waals surface area contributed by atoms with Crippen molar-refractivity contribution in [2.75, 3.05) is 0 Å². The molecule has 0 saturated carbocycles. The van der Waals surface area contributed by atoms with Gasteiger partial charge in [0, 0.05) is 5.56 Å². The Morgan fingerprint density at radius 2 is 1.76 bits per heavy atom. The molecule has 0 saturated heterocycles. The van der Waals surface area contributed by atoms with Gasteiger partial charge in [0.1, 0.15) is 0 Å². The fourth-order valence-corrected chi connectivity index (χ4v) is 3.09. The van der Waals surface area contributed by atoms with Gasteiger partial charge in [-0.2, -0.15) is 5.26 Å². The number of hydrogen-bond acceptors (Lipinski definition) is 4. The predicted molar refractivity (Wildman–Crippen MR) is 114 cm³/mol. The molecule has 0 amide bonds. The van der Waals surface area contributed by atoms with E-state index in [0.29, 0.717) is 12.0 Å². The molecule has 2 atom stereocenters. The summed E-state index contributed by atoms with van der Waals surface area (Å²) < 4.78 is 12.1. The molecule has 0 aliphatic heterocycles. The number of benzene rings is 2. The maximum Gasteiger partial charge on any atom is 0.223 e. The number of rotatable bonds is 11. The van der Waals surface area contributed by atoms with Crippen LogP contribution in [0.25, 0.3) is 0 Å². The van der Waals surface area contributed by atoms with Crippen molar-refractivity contribution >= 4 is 5.78 Å². The summed E-state index contributed by atoms with van der Waals surface area (Å²) in [4.78, 5) is 13.3. The predicted octanol–water partition coefficient (Wildman–Crippen LogP) is 5.71. The van der Waals surface area contributed by atoms with Crippen LogP contribution in [0.2, 0.25) is 0 Å². The summed E-state index contributed by atoms with van der Waals surface area (Å²) in [7, 11) is 0. The third-order valence-electron chi connectivity index (χ3n) is 5.01. The lowest BCUT2D eigenvalue weighted by molar-refractivity contribution is -0.168. The number of nitrogens with zero attached hydrogens (tertiary/aromatic N) is 1. The van der Waals surface area contributed by atoms with E-state index < -0.39 is 17.8 Å². The topological polar surface area (TPSA) is 59.3 Å². The van der Waals surface area contributed by atoms with Gasteiger partial charge in [0.25, 0.3) is 0 Å². The Bertz CT molecular complexity index is 823. The lowest BCUT2D eigenvalue weighted by atomic mass is 9.85. The Morgan fingerprint density at radius 1 is 1.07 bits per heavy atom. The second kappa shape index (κ2) is 10.9. The zero-order valence-electron chi connectivity index (χ0n) is 17.9. The second-order valence-electron chi connectivity index (χ2n) is 7.79. The summed E-state index contributed by atoms with van der Waals surface area (Å²) in [6.45, 7) is 8.02. The number of carbonyl (C=O) groups is 1. The van der Waals surface area contributed by atoms with E-state index in [1.807, 2.05) is 69.3 Å². The van der Waals surface area contributed by atoms with Crippen LogP contribution in [0, 0.1) is 16.7 Å². The summed E-state index contributed by atoms with van der Waals surface area (Å²) in [5.74, 6) is -0.217. The van der Waals surface area contributed by atoms with Gasteiger partial charge in [-0.15, -0.1) is 0 Å². The van der Waals surface area contributed by atoms with Crippen LogP contribution in [-0.2, 0) is 22.5 Å². The van der Waals surface area contributed by atoms with Crippen LogP contribution < -0.4 is 0 Å². The van der Waals surface area contributed by atoms with Gasteiger partial charge >= 0.3 is 0 Å². The molecule has 0 N–H and O–H groups in total. The molecular formula is C25H31NO3. The number of carbonyl (C=O) groups excluding carboxylic acids is 1. The maximum atomic E-state index is 13.3. The molecule has 29 heavy (non-hydrogen) atoms. The Morgan fingerprint density at radius 3 is 2.38 bits per heavy atom. The lowest BCUT2D eigenvalue weighted by Gasteiger charge is -2.31. The number of ketones is 1. The molecular weight excluding hydrogens is 362 g/mol. The summed E-state index contributed by atoms with van der Waals surface area (Å²) in [6, 6.07) is 19.5. The van der Waals surface area contributed by atoms with E-state index in [1.165, 1.54) is 0 Å². The van der Waals surface area contributed by atoms with E-state index in [2.05, 4.69) is 13.0 Å². The molecule has 2 aromatic carbocycles. The van der Waals surface area contributed by atoms with Crippen molar-refractivity contribution in [3.63, 3.8) is 0 Å². The first-order chi connectivity index (χ1) is 13.9. The molecule has 2 aromatic rings. The van der Waals surface area contributed by atoms with Crippen molar-refractivity contribution in [1.82, 2.24) is 0 Å². The fourth-order valence-electron chi connectivity index (χ4n) is 3.09. The van der Waals surface area contributed by atoms with E-state index in [9.17, 15) is 10.1 Å². The highest BCUT2D eigenvalue weighted by Gasteiger charge is 2.35. The summed E-state index contributed by atoms with van der Waals surface area (Å²) >= 11 is 0. The van der Waals surface area contributed by atoms with Gasteiger partial charge in [0.15, 0.2) is 0 Å². The van der Waals surface area contributed by atoms with E-state index in [4.69, 9.17) is 9.47 Å². The quantitative estimate of drug-likeness (QED) is 0.362. The van der Waals surface area contributed by atoms with Crippen LogP contribution in [0.5, 0.6) is 0 Å². The zero-order valence-corrected chi connectivity index (χ0v) is 17.9. The molecule has 4 nitrogen and oxygen atoms in total. The molecule has 0 bridgehead atoms. The largest absolute Gasteiger partial charge is 0.341 e. The average molecular weight is 394 g/mol. The van der Waals surface area contributed by atoms with Gasteiger partial charge in [-0.3, -0.25) is 4.79 Å². The Kier molecular flexibility index (Phi) is 8.57. The molecule has 154 valence electrons. The summed E-state index contributed by atoms with van der Waals surface area (Å²) in [5, 5.41) is 9.58. The molecule has 2 rings (SSSR count). The van der Waals surface area contributed by atoms with Gasteiger partial charge < -0.3 is 9.47 Å². The highest BCUT2D eigenvalue weighted by molar-refractivity contribution is 5.98. The Labute approximate surface area is 174 Å². The van der Waals surface area contributed by atoms with Gasteiger partial charge in [-0.1, -0.05) is 68.8 Å². The van der Waals surface area contributed by atoms with E-state index in [-0.39, 0.29) is 12.4 Å². The molecule has 0 spiro atoms. The third-order valence-corrected chi connectivity index (χ3v) is 5.01. The number of Topliss-reactive ketones (excluding diaryl/α,β-unsaturated/α-hetero) is 1. The van der Waals surface area contributed by atoms with Gasteiger partial charge in [-0.05, 0) is 43.9 Å². The molecule has 0 fully saturated rings. The number of nitriles is 1. The molecule has 0 aliphatic rings. The number of ether oxygens (including phenoxy) is 2. The Hall–Kier alpha value is -2.48. The summed E-state index contributed by atoms with van der Waals surface area (Å²) in [6.07, 6.45) is 0.898. The van der Waals surface area contributed by atoms with Crippen molar-refractivity contribution in [2.45, 2.75) is 66.0 Å². The monoisotopic (exact) mass is 393 g/mol. The van der Waals surface area contributed by atoms with Crippen LogP contribution >= 0.6 is 0 Å². The lowest BCUT2D eigenvalue weighted by Crippen LogP contribution is -2.39. The molecule has 0 radical (unpaired) electrons.